The largest absolute Gasteiger partial charge is 0.493 e. The lowest BCUT2D eigenvalue weighted by Crippen LogP contribution is -2.36. The second kappa shape index (κ2) is 10.4. The number of ether oxygens (including phenoxy) is 2. The maximum Gasteiger partial charge on any atom is 0.326 e. The van der Waals surface area contributed by atoms with E-state index in [2.05, 4.69) is 10.6 Å². The molecule has 2 N–H and O–H groups in total. The van der Waals surface area contributed by atoms with Crippen molar-refractivity contribution in [3.05, 3.63) is 58.7 Å². The first kappa shape index (κ1) is 22.9. The summed E-state index contributed by atoms with van der Waals surface area (Å²) in [7, 11) is 0. The topological polar surface area (TPSA) is 93.7 Å². The van der Waals surface area contributed by atoms with Crippen LogP contribution in [-0.2, 0) is 14.3 Å². The second-order valence-corrected chi connectivity index (χ2v) is 7.01. The van der Waals surface area contributed by atoms with Gasteiger partial charge in [0.2, 0.25) is 0 Å². The van der Waals surface area contributed by atoms with E-state index < -0.39 is 23.9 Å². The standard InChI is InChI=1S/C23H28N2O5/c1-6-29-19-10-8-7-9-18(19)23(28)24-13-20(26)30-17(5)22(27)25-21-15(3)11-14(2)12-16(21)4/h7-12,17H,6,13H2,1-5H3,(H,24,28)(H,25,27)/t17-/m1/s1. The first-order valence-corrected chi connectivity index (χ1v) is 9.81. The number of hydrogen-bond donors (Lipinski definition) is 2. The molecule has 0 saturated heterocycles. The normalized spacial score (nSPS) is 11.4. The smallest absolute Gasteiger partial charge is 0.326 e. The van der Waals surface area contributed by atoms with Crippen LogP contribution in [0.3, 0.4) is 0 Å². The van der Waals surface area contributed by atoms with E-state index in [-0.39, 0.29) is 6.54 Å². The van der Waals surface area contributed by atoms with Crippen LogP contribution in [0.15, 0.2) is 36.4 Å². The summed E-state index contributed by atoms with van der Waals surface area (Å²) in [6.45, 7) is 9.15. The zero-order valence-corrected chi connectivity index (χ0v) is 18.0. The third-order valence-electron chi connectivity index (χ3n) is 4.43. The molecule has 0 saturated carbocycles. The van der Waals surface area contributed by atoms with Crippen molar-refractivity contribution in [2.45, 2.75) is 40.7 Å². The van der Waals surface area contributed by atoms with Crippen molar-refractivity contribution in [2.24, 2.45) is 0 Å². The molecule has 0 unspecified atom stereocenters. The Hall–Kier alpha value is -3.35. The van der Waals surface area contributed by atoms with E-state index in [4.69, 9.17) is 9.47 Å². The molecule has 0 bridgehead atoms. The molecule has 7 heteroatoms. The molecule has 0 fully saturated rings. The number of hydrogen-bond acceptors (Lipinski definition) is 5. The summed E-state index contributed by atoms with van der Waals surface area (Å²) in [5.74, 6) is -1.18. The molecule has 7 nitrogen and oxygen atoms in total. The van der Waals surface area contributed by atoms with Crippen molar-refractivity contribution in [1.82, 2.24) is 5.32 Å². The number of carbonyl (C=O) groups excluding carboxylic acids is 3. The fourth-order valence-electron chi connectivity index (χ4n) is 3.08. The zero-order chi connectivity index (χ0) is 22.3. The van der Waals surface area contributed by atoms with Crippen molar-refractivity contribution in [3.63, 3.8) is 0 Å². The van der Waals surface area contributed by atoms with Gasteiger partial charge < -0.3 is 20.1 Å². The number of anilines is 1. The van der Waals surface area contributed by atoms with Crippen molar-refractivity contribution in [2.75, 3.05) is 18.5 Å². The van der Waals surface area contributed by atoms with E-state index in [1.165, 1.54) is 6.92 Å². The molecule has 0 radical (unpaired) electrons. The molecule has 1 atom stereocenters. The van der Waals surface area contributed by atoms with Crippen LogP contribution in [0.25, 0.3) is 0 Å². The van der Waals surface area contributed by atoms with Crippen LogP contribution in [-0.4, -0.2) is 37.0 Å². The monoisotopic (exact) mass is 412 g/mol. The van der Waals surface area contributed by atoms with Gasteiger partial charge in [0.05, 0.1) is 12.2 Å². The minimum atomic E-state index is -1.01. The van der Waals surface area contributed by atoms with Crippen molar-refractivity contribution in [3.8, 4) is 5.75 Å². The lowest BCUT2D eigenvalue weighted by atomic mass is 10.0. The van der Waals surface area contributed by atoms with E-state index >= 15 is 0 Å². The van der Waals surface area contributed by atoms with Gasteiger partial charge in [-0.1, -0.05) is 29.8 Å². The number of benzene rings is 2. The minimum absolute atomic E-state index is 0.322. The van der Waals surface area contributed by atoms with Crippen LogP contribution in [0, 0.1) is 20.8 Å². The minimum Gasteiger partial charge on any atom is -0.493 e. The molecule has 2 aromatic carbocycles. The first-order chi connectivity index (χ1) is 14.2. The third kappa shape index (κ3) is 6.07. The van der Waals surface area contributed by atoms with E-state index in [0.717, 1.165) is 16.7 Å². The number of nitrogens with one attached hydrogen (secondary N) is 2. The average molecular weight is 412 g/mol. The number of rotatable bonds is 8. The highest BCUT2D eigenvalue weighted by atomic mass is 16.5. The molecule has 0 aromatic heterocycles. The number of para-hydroxylation sites is 1. The zero-order valence-electron chi connectivity index (χ0n) is 18.0. The van der Waals surface area contributed by atoms with E-state index in [9.17, 15) is 14.4 Å². The Morgan fingerprint density at radius 2 is 1.67 bits per heavy atom. The summed E-state index contributed by atoms with van der Waals surface area (Å²) in [6.07, 6.45) is -1.01. The van der Waals surface area contributed by atoms with Gasteiger partial charge >= 0.3 is 5.97 Å². The van der Waals surface area contributed by atoms with Crippen LogP contribution in [0.1, 0.15) is 40.9 Å². The lowest BCUT2D eigenvalue weighted by Gasteiger charge is -2.17. The molecule has 2 aromatic rings. The van der Waals surface area contributed by atoms with Gasteiger partial charge in [0, 0.05) is 5.69 Å². The van der Waals surface area contributed by atoms with Gasteiger partial charge in [-0.3, -0.25) is 14.4 Å². The van der Waals surface area contributed by atoms with Crippen LogP contribution >= 0.6 is 0 Å². The summed E-state index contributed by atoms with van der Waals surface area (Å²) >= 11 is 0. The number of aryl methyl sites for hydroxylation is 3. The predicted octanol–water partition coefficient (Wildman–Crippen LogP) is 3.31. The summed E-state index contributed by atoms with van der Waals surface area (Å²) in [6, 6.07) is 10.7. The van der Waals surface area contributed by atoms with Crippen molar-refractivity contribution >= 4 is 23.5 Å². The first-order valence-electron chi connectivity index (χ1n) is 9.81. The van der Waals surface area contributed by atoms with Gasteiger partial charge in [-0.15, -0.1) is 0 Å². The lowest BCUT2D eigenvalue weighted by molar-refractivity contribution is -0.152. The Morgan fingerprint density at radius 3 is 2.30 bits per heavy atom. The van der Waals surface area contributed by atoms with Crippen molar-refractivity contribution < 1.29 is 23.9 Å². The van der Waals surface area contributed by atoms with Crippen LogP contribution in [0.2, 0.25) is 0 Å². The summed E-state index contributed by atoms with van der Waals surface area (Å²) in [5.41, 5.74) is 3.99. The van der Waals surface area contributed by atoms with Crippen LogP contribution in [0.5, 0.6) is 5.75 Å². The highest BCUT2D eigenvalue weighted by Crippen LogP contribution is 2.22. The van der Waals surface area contributed by atoms with Crippen LogP contribution in [0.4, 0.5) is 5.69 Å². The fraction of sp³-hybridized carbons (Fsp3) is 0.348. The summed E-state index contributed by atoms with van der Waals surface area (Å²) in [5, 5.41) is 5.29. The van der Waals surface area contributed by atoms with Gasteiger partial charge in [0.25, 0.3) is 11.8 Å². The molecule has 0 aliphatic rings. The van der Waals surface area contributed by atoms with E-state index in [1.807, 2.05) is 39.8 Å². The Labute approximate surface area is 176 Å². The van der Waals surface area contributed by atoms with Crippen molar-refractivity contribution in [1.29, 1.82) is 0 Å². The molecule has 0 heterocycles. The molecule has 30 heavy (non-hydrogen) atoms. The highest BCUT2D eigenvalue weighted by Gasteiger charge is 2.20. The SMILES string of the molecule is CCOc1ccccc1C(=O)NCC(=O)O[C@H](C)C(=O)Nc1c(C)cc(C)cc1C. The third-order valence-corrected chi connectivity index (χ3v) is 4.43. The average Bonchev–Trinajstić information content (AvgIpc) is 2.69. The van der Waals surface area contributed by atoms with Crippen LogP contribution < -0.4 is 15.4 Å². The molecular weight excluding hydrogens is 384 g/mol. The van der Waals surface area contributed by atoms with Gasteiger partial charge in [0.15, 0.2) is 6.10 Å². The maximum absolute atomic E-state index is 12.4. The Balaban J connectivity index is 1.90. The van der Waals surface area contributed by atoms with E-state index in [1.54, 1.807) is 24.3 Å². The predicted molar refractivity (Wildman–Crippen MR) is 115 cm³/mol. The molecule has 2 amide bonds. The summed E-state index contributed by atoms with van der Waals surface area (Å²) in [4.78, 5) is 36.8. The van der Waals surface area contributed by atoms with Gasteiger partial charge in [-0.2, -0.15) is 0 Å². The molecule has 0 aliphatic carbocycles. The molecular formula is C23H28N2O5. The quantitative estimate of drug-likeness (QED) is 0.649. The molecule has 0 spiro atoms. The fourth-order valence-corrected chi connectivity index (χ4v) is 3.08. The Morgan fingerprint density at radius 1 is 1.03 bits per heavy atom. The Bertz CT molecular complexity index is 916. The Kier molecular flexibility index (Phi) is 7.98. The van der Waals surface area contributed by atoms with Gasteiger partial charge in [-0.05, 0) is 57.9 Å². The van der Waals surface area contributed by atoms with Gasteiger partial charge in [0.1, 0.15) is 12.3 Å². The molecule has 160 valence electrons. The highest BCUT2D eigenvalue weighted by molar-refractivity contribution is 5.99. The molecule has 2 rings (SSSR count). The number of carbonyl (C=O) groups is 3. The molecule has 0 aliphatic heterocycles. The van der Waals surface area contributed by atoms with E-state index in [0.29, 0.717) is 23.6 Å². The summed E-state index contributed by atoms with van der Waals surface area (Å²) < 4.78 is 10.6. The number of amides is 2. The second-order valence-electron chi connectivity index (χ2n) is 7.01. The maximum atomic E-state index is 12.4. The number of esters is 1. The van der Waals surface area contributed by atoms with Gasteiger partial charge in [-0.25, -0.2) is 0 Å².